The van der Waals surface area contributed by atoms with Crippen LogP contribution in [-0.2, 0) is 95.6 Å². The molecule has 7 heterocycles. The molecular formula is C120H168B4Br3F2NO15S2. The second kappa shape index (κ2) is 77.2. The van der Waals surface area contributed by atoms with Crippen molar-refractivity contribution in [3.05, 3.63) is 379 Å². The Labute approximate surface area is 918 Å². The summed E-state index contributed by atoms with van der Waals surface area (Å²) in [5.41, 5.74) is 24.2. The van der Waals surface area contributed by atoms with Gasteiger partial charge in [-0.2, -0.15) is 22.7 Å². The van der Waals surface area contributed by atoms with E-state index in [1.165, 1.54) is 104 Å². The molecule has 3 aliphatic rings. The zero-order chi connectivity index (χ0) is 111. The molecule has 8 aromatic carbocycles. The van der Waals surface area contributed by atoms with E-state index in [1.807, 2.05) is 107 Å². The van der Waals surface area contributed by atoms with E-state index < -0.39 is 19.9 Å². The van der Waals surface area contributed by atoms with Gasteiger partial charge in [0.25, 0.3) is 0 Å². The van der Waals surface area contributed by atoms with Gasteiger partial charge in [0.1, 0.15) is 32.0 Å². The molecule has 0 spiro atoms. The number of hydrogen-bond donors (Lipinski definition) is 2. The highest BCUT2D eigenvalue weighted by molar-refractivity contribution is 9.11. The van der Waals surface area contributed by atoms with Gasteiger partial charge in [-0.3, -0.25) is 9.78 Å². The maximum absolute atomic E-state index is 13.2. The Hall–Kier alpha value is -8.22. The molecule has 16 nitrogen and oxygen atoms in total. The van der Waals surface area contributed by atoms with Crippen molar-refractivity contribution in [2.45, 2.75) is 255 Å². The van der Waals surface area contributed by atoms with Gasteiger partial charge >= 0.3 is 28.1 Å². The molecule has 15 rings (SSSR count). The summed E-state index contributed by atoms with van der Waals surface area (Å²) in [5, 5.41) is 27.1. The Balaban J connectivity index is 0.000000796. The molecule has 27 heteroatoms. The topological polar surface area (TPSA) is 185 Å². The number of aliphatic hydroxyl groups is 1. The van der Waals surface area contributed by atoms with Crippen LogP contribution in [0.5, 0.6) is 0 Å². The first-order valence-corrected chi connectivity index (χ1v) is 54.1. The van der Waals surface area contributed by atoms with E-state index in [0.717, 1.165) is 61.9 Å². The first kappa shape index (κ1) is 137. The van der Waals surface area contributed by atoms with E-state index in [2.05, 4.69) is 342 Å². The molecule has 0 aliphatic carbocycles. The van der Waals surface area contributed by atoms with Gasteiger partial charge in [0, 0.05) is 52.7 Å². The number of furan rings is 1. The average Bonchev–Trinajstić information content (AvgIpc) is 1.65. The Morgan fingerprint density at radius 3 is 1.39 bits per heavy atom. The summed E-state index contributed by atoms with van der Waals surface area (Å²) >= 11 is 13.4. The fourth-order valence-corrected chi connectivity index (χ4v) is 15.5. The number of aldehydes is 1. The molecule has 0 saturated carbocycles. The fourth-order valence-electron chi connectivity index (χ4n) is 12.5. The van der Waals surface area contributed by atoms with Gasteiger partial charge in [-0.05, 0) is 246 Å². The molecule has 2 N–H and O–H groups in total. The van der Waals surface area contributed by atoms with Crippen molar-refractivity contribution in [2.75, 3.05) is 68.1 Å². The number of carbonyl (C=O) groups is 1. The van der Waals surface area contributed by atoms with Gasteiger partial charge in [0.2, 0.25) is 0 Å². The van der Waals surface area contributed by atoms with E-state index in [9.17, 15) is 18.6 Å². The van der Waals surface area contributed by atoms with Crippen LogP contribution in [0.15, 0.2) is 277 Å². The summed E-state index contributed by atoms with van der Waals surface area (Å²) in [6.07, 6.45) is 14.1. The second-order valence-electron chi connectivity index (χ2n) is 39.5. The van der Waals surface area contributed by atoms with Crippen molar-refractivity contribution in [2.24, 2.45) is 10.8 Å². The zero-order valence-electron chi connectivity index (χ0n) is 93.5. The molecule has 12 aromatic rings. The molecule has 4 aromatic heterocycles. The van der Waals surface area contributed by atoms with Crippen LogP contribution < -0.4 is 16.4 Å². The number of ether oxygens (including phenoxy) is 6. The number of nitrogens with zero attached hydrogens (tertiary/aromatic N) is 1. The highest BCUT2D eigenvalue weighted by atomic mass is 79.9. The van der Waals surface area contributed by atoms with Crippen LogP contribution in [0.3, 0.4) is 0 Å². The number of benzene rings is 8. The van der Waals surface area contributed by atoms with Crippen LogP contribution in [0, 0.1) is 57.1 Å². The van der Waals surface area contributed by atoms with Gasteiger partial charge in [-0.15, -0.1) is 6.58 Å². The van der Waals surface area contributed by atoms with Gasteiger partial charge in [-0.25, -0.2) is 8.78 Å². The number of hydrogen-bond acceptors (Lipinski definition) is 18. The lowest BCUT2D eigenvalue weighted by molar-refractivity contribution is -0.0392. The number of halogens is 5. The molecule has 3 aliphatic heterocycles. The number of methoxy groups -OCH3 is 3. The molecule has 0 radical (unpaired) electrons. The Kier molecular flexibility index (Phi) is 71.8. The molecule has 0 atom stereocenters. The highest BCUT2D eigenvalue weighted by Gasteiger charge is 2.29. The van der Waals surface area contributed by atoms with E-state index in [4.69, 9.17) is 61.2 Å². The molecule has 2 fully saturated rings. The number of carbonyl (C=O) groups excluding carboxylic acids is 1. The fraction of sp³-hybridized carbons (Fsp3) is 0.417. The van der Waals surface area contributed by atoms with Crippen LogP contribution in [-0.4, -0.2) is 118 Å². The molecule has 2 saturated heterocycles. The molecule has 0 bridgehead atoms. The lowest BCUT2D eigenvalue weighted by Crippen LogP contribution is -2.35. The summed E-state index contributed by atoms with van der Waals surface area (Å²) in [7, 11) is 4.37. The van der Waals surface area contributed by atoms with Crippen molar-refractivity contribution in [1.29, 1.82) is 0 Å². The van der Waals surface area contributed by atoms with E-state index in [1.54, 1.807) is 68.5 Å². The first-order valence-electron chi connectivity index (χ1n) is 49.9. The first-order chi connectivity index (χ1) is 69.5. The quantitative estimate of drug-likeness (QED) is 0.0241. The summed E-state index contributed by atoms with van der Waals surface area (Å²) in [6, 6.07) is 62.2. The SMILES string of the molecule is C=CC(C)(C)C.CB1OCCO1.CB1OCc2cc(C)ccc21.CC.CC(C)(C)/C=C/c1ccccc1.CC(C)(C)c1ccccc1.CC(C)(C)c1cccnc1.CC(C)c1ccoc1.CC(C)c1ccsc1.COCOCc1cc(C)ccc1B(C)O.COCOCc1cc(C)ccc1Br.COCOCc1cc(F)ccc1B1OCCO1.Cc1ccc(Br)c(CO)c1.Cc1cscc1C(C)C.O=Cc1cc(F)ccc1Br. The largest absolute Gasteiger partial charge is 0.494 e. The minimum atomic E-state index is -0.466. The number of aromatic nitrogens is 1. The number of rotatable bonds is 20. The van der Waals surface area contributed by atoms with Crippen molar-refractivity contribution in [3.63, 3.8) is 0 Å². The Morgan fingerprint density at radius 1 is 0.517 bits per heavy atom. The van der Waals surface area contributed by atoms with Crippen molar-refractivity contribution < 1.29 is 79.8 Å². The predicted molar refractivity (Wildman–Crippen MR) is 631 cm³/mol. The van der Waals surface area contributed by atoms with Crippen LogP contribution in [0.4, 0.5) is 8.78 Å². The maximum Gasteiger partial charge on any atom is 0.494 e. The standard InChI is InChI=1S/C12H16.C11H14BFO4.C11H17BO3.C10H13BrO2.C10H14.C9H11BO.C9H13N.C8H9BrO.C8H12S.C7H4BrFO.C7H10O.C7H10S.C6H12.C3H7BO2.C2H6/c1-12(2,3)10-9-11-7-5-4-6-8-11;1-14-8-15-7-9-6-10(13)2-3-11(9)12-16-4-5-17-12;1-9-4-5-11(12(2)13)10(6-9)7-15-8-14-3;1-8-3-4-10(11)9(5-8)6-13-7-12-2;1-10(2,3)9-7-5-4-6-8-9;1-7-3-4-9-8(5-7)6-11-10(9)2;1-9(2,3)8-5-4-6-10-7-8;1-6-2-3-8(9)7(4-6)5-10;1-6(2)8-5-9-4-7(8)3;8-7-2-1-6(9)3-5(7)4-10;2*1-6(2)7-3-4-8-5-7;1-5-6(2,3)4;1-4-5-2-3-6-4;1-2/h4-10H,1-3H3;2-3,6H,4-5,7-8H2,1H3;4-6,13H,7-8H2,1-3H3;3-5H,6-7H2,1-2H3;4-8H,1-3H3;3-5H,6H2,1-2H3;4-7H,1-3H3;2-4,10H,5H2,1H3;4-6H,1-3H3;1-4H;2*3-6H,1-2H3;5H,1H2,2-4H3;2-3H2,1H3;1-2H3/b10-9+;;;;;;;;;;;;;;. The minimum absolute atomic E-state index is 0.0463. The normalized spacial score (nSPS) is 12.0. The Morgan fingerprint density at radius 2 is 0.993 bits per heavy atom. The maximum atomic E-state index is 13.2. The number of allylic oxidation sites excluding steroid dienone is 2. The molecule has 0 unspecified atom stereocenters. The van der Waals surface area contributed by atoms with Crippen molar-refractivity contribution in [3.8, 4) is 0 Å². The summed E-state index contributed by atoms with van der Waals surface area (Å²) in [4.78, 5) is 14.2. The monoisotopic (exact) mass is 2250 g/mol. The summed E-state index contributed by atoms with van der Waals surface area (Å²) < 4.78 is 89.3. The zero-order valence-corrected chi connectivity index (χ0v) is 99.9. The summed E-state index contributed by atoms with van der Waals surface area (Å²) in [5.74, 6) is 1.28. The minimum Gasteiger partial charge on any atom is -0.472 e. The Bertz CT molecular complexity index is 5360. The lowest BCUT2D eigenvalue weighted by atomic mass is 9.62. The van der Waals surface area contributed by atoms with Crippen LogP contribution in [0.1, 0.15) is 256 Å². The third kappa shape index (κ3) is 63.0. The smallest absolute Gasteiger partial charge is 0.472 e. The van der Waals surface area contributed by atoms with Gasteiger partial charge in [0.05, 0.1) is 72.0 Å². The number of fused-ring (bicyclic) bond motifs is 1. The third-order valence-corrected chi connectivity index (χ3v) is 24.9. The van der Waals surface area contributed by atoms with Gasteiger partial charge in [-0.1, -0.05) is 374 Å². The predicted octanol–water partition coefficient (Wildman–Crippen LogP) is 31.5. The van der Waals surface area contributed by atoms with Crippen LogP contribution in [0.2, 0.25) is 20.5 Å². The van der Waals surface area contributed by atoms with Crippen molar-refractivity contribution in [1.82, 2.24) is 4.98 Å². The summed E-state index contributed by atoms with van der Waals surface area (Å²) in [6.45, 7) is 68.6. The van der Waals surface area contributed by atoms with E-state index in [0.29, 0.717) is 90.6 Å². The number of thiophene rings is 2. The second-order valence-corrected chi connectivity index (χ2v) is 43.6. The third-order valence-electron chi connectivity index (χ3n) is 21.1. The van der Waals surface area contributed by atoms with Crippen molar-refractivity contribution >= 4 is 127 Å². The lowest BCUT2D eigenvalue weighted by Gasteiger charge is -2.18. The van der Waals surface area contributed by atoms with Crippen LogP contribution in [0.25, 0.3) is 6.08 Å². The van der Waals surface area contributed by atoms with Gasteiger partial charge < -0.3 is 66.2 Å². The average molecular weight is 2250 g/mol. The number of pyridine rings is 1. The number of aliphatic hydroxyl groups excluding tert-OH is 1. The van der Waals surface area contributed by atoms with E-state index in [-0.39, 0.29) is 50.6 Å². The molecule has 802 valence electrons. The van der Waals surface area contributed by atoms with E-state index >= 15 is 0 Å². The molecule has 0 amide bonds. The van der Waals surface area contributed by atoms with Gasteiger partial charge in [0.15, 0.2) is 6.29 Å². The van der Waals surface area contributed by atoms with Crippen LogP contribution >= 0.6 is 70.5 Å². The molecule has 147 heavy (non-hydrogen) atoms. The number of aryl methyl sites for hydroxylation is 5. The highest BCUT2D eigenvalue weighted by Crippen LogP contribution is 2.27. The molecular weight excluding hydrogens is 2080 g/mol.